The van der Waals surface area contributed by atoms with E-state index in [0.29, 0.717) is 12.5 Å². The maximum Gasteiger partial charge on any atom is 0.213 e. The molecule has 5 nitrogen and oxygen atoms in total. The number of pyridine rings is 1. The molecule has 0 aliphatic carbocycles. The van der Waals surface area contributed by atoms with Crippen molar-refractivity contribution in [3.63, 3.8) is 0 Å². The molecular formula is C21H36N2O3. The number of nitrogens with one attached hydrogen (secondary N) is 1. The van der Waals surface area contributed by atoms with Gasteiger partial charge in [-0.15, -0.1) is 0 Å². The molecule has 148 valence electrons. The number of hydrogen-bond acceptors (Lipinski definition) is 5. The molecule has 1 fully saturated rings. The predicted octanol–water partition coefficient (Wildman–Crippen LogP) is 4.01. The molecule has 2 atom stereocenters. The highest BCUT2D eigenvalue weighted by Crippen LogP contribution is 2.18. The van der Waals surface area contributed by atoms with Crippen LogP contribution in [0, 0.1) is 0 Å². The van der Waals surface area contributed by atoms with Crippen LogP contribution < -0.4 is 10.1 Å². The fourth-order valence-corrected chi connectivity index (χ4v) is 3.27. The largest absolute Gasteiger partial charge is 0.472 e. The Morgan fingerprint density at radius 2 is 1.96 bits per heavy atom. The molecule has 2 N–H and O–H groups in total. The van der Waals surface area contributed by atoms with Crippen LogP contribution in [-0.2, 0) is 4.74 Å². The Balaban J connectivity index is 1.61. The summed E-state index contributed by atoms with van der Waals surface area (Å²) in [7, 11) is 0. The molecule has 0 bridgehead atoms. The lowest BCUT2D eigenvalue weighted by atomic mass is 10.1. The first kappa shape index (κ1) is 21.1. The summed E-state index contributed by atoms with van der Waals surface area (Å²) in [6.07, 6.45) is 13.3. The van der Waals surface area contributed by atoms with Gasteiger partial charge in [-0.05, 0) is 18.5 Å². The van der Waals surface area contributed by atoms with Crippen LogP contribution in [0.2, 0.25) is 0 Å². The van der Waals surface area contributed by atoms with Crippen LogP contribution in [0.4, 0.5) is 0 Å². The summed E-state index contributed by atoms with van der Waals surface area (Å²) < 4.78 is 11.1. The number of ether oxygens (including phenoxy) is 2. The van der Waals surface area contributed by atoms with Gasteiger partial charge in [-0.1, -0.05) is 57.9 Å². The molecular weight excluding hydrogens is 328 g/mol. The molecule has 0 aromatic carbocycles. The van der Waals surface area contributed by atoms with Gasteiger partial charge >= 0.3 is 0 Å². The van der Waals surface area contributed by atoms with Gasteiger partial charge in [0.15, 0.2) is 0 Å². The third-order valence-electron chi connectivity index (χ3n) is 4.94. The summed E-state index contributed by atoms with van der Waals surface area (Å²) in [5, 5.41) is 13.1. The zero-order chi connectivity index (χ0) is 18.5. The highest BCUT2D eigenvalue weighted by molar-refractivity contribution is 5.21. The standard InChI is InChI=1S/C21H36N2O3/c1-2-3-4-5-6-7-8-9-13-22-20(16-24)18-10-11-21(23-15-18)26-19-12-14-25-17-19/h10-11,15,19-20,22,24H,2-9,12-14,16-17H2,1H3/t19-,20+/m1/s1. The first-order chi connectivity index (χ1) is 12.8. The third kappa shape index (κ3) is 8.02. The van der Waals surface area contributed by atoms with Crippen molar-refractivity contribution in [1.29, 1.82) is 0 Å². The summed E-state index contributed by atoms with van der Waals surface area (Å²) in [5.41, 5.74) is 1.00. The topological polar surface area (TPSA) is 63.6 Å². The van der Waals surface area contributed by atoms with Crippen LogP contribution in [0.15, 0.2) is 18.3 Å². The van der Waals surface area contributed by atoms with Crippen LogP contribution in [-0.4, -0.2) is 42.6 Å². The monoisotopic (exact) mass is 364 g/mol. The second-order valence-electron chi connectivity index (χ2n) is 7.20. The molecule has 1 aromatic heterocycles. The van der Waals surface area contributed by atoms with Crippen molar-refractivity contribution in [2.75, 3.05) is 26.4 Å². The van der Waals surface area contributed by atoms with Gasteiger partial charge in [-0.25, -0.2) is 4.98 Å². The minimum absolute atomic E-state index is 0.0593. The molecule has 0 spiro atoms. The van der Waals surface area contributed by atoms with Gasteiger partial charge in [-0.3, -0.25) is 0 Å². The molecule has 1 saturated heterocycles. The summed E-state index contributed by atoms with van der Waals surface area (Å²) in [6, 6.07) is 3.81. The van der Waals surface area contributed by atoms with Gasteiger partial charge in [0.25, 0.3) is 0 Å². The van der Waals surface area contributed by atoms with E-state index in [1.165, 1.54) is 44.9 Å². The van der Waals surface area contributed by atoms with Crippen LogP contribution in [0.1, 0.15) is 76.3 Å². The lowest BCUT2D eigenvalue weighted by molar-refractivity contribution is 0.138. The van der Waals surface area contributed by atoms with E-state index in [4.69, 9.17) is 9.47 Å². The zero-order valence-electron chi connectivity index (χ0n) is 16.3. The third-order valence-corrected chi connectivity index (χ3v) is 4.94. The van der Waals surface area contributed by atoms with Gasteiger partial charge in [0, 0.05) is 18.7 Å². The molecule has 0 unspecified atom stereocenters. The summed E-state index contributed by atoms with van der Waals surface area (Å²) in [6.45, 7) is 4.66. The fourth-order valence-electron chi connectivity index (χ4n) is 3.27. The van der Waals surface area contributed by atoms with Gasteiger partial charge in [0.05, 0.1) is 25.9 Å². The molecule has 5 heteroatoms. The highest BCUT2D eigenvalue weighted by atomic mass is 16.5. The number of hydrogen-bond donors (Lipinski definition) is 2. The number of aromatic nitrogens is 1. The van der Waals surface area contributed by atoms with E-state index >= 15 is 0 Å². The Bertz CT molecular complexity index is 461. The van der Waals surface area contributed by atoms with E-state index < -0.39 is 0 Å². The maximum atomic E-state index is 9.66. The predicted molar refractivity (Wildman–Crippen MR) is 105 cm³/mol. The molecule has 2 rings (SSSR count). The second-order valence-corrected chi connectivity index (χ2v) is 7.20. The van der Waals surface area contributed by atoms with Crippen LogP contribution in [0.3, 0.4) is 0 Å². The normalized spacial score (nSPS) is 18.2. The van der Waals surface area contributed by atoms with Gasteiger partial charge in [-0.2, -0.15) is 0 Å². The van der Waals surface area contributed by atoms with E-state index in [-0.39, 0.29) is 18.8 Å². The number of aliphatic hydroxyl groups is 1. The van der Waals surface area contributed by atoms with Crippen molar-refractivity contribution >= 4 is 0 Å². The fraction of sp³-hybridized carbons (Fsp3) is 0.762. The van der Waals surface area contributed by atoms with Crippen molar-refractivity contribution in [2.45, 2.75) is 76.9 Å². The average molecular weight is 365 g/mol. The molecule has 1 aliphatic rings. The number of aliphatic hydroxyl groups excluding tert-OH is 1. The average Bonchev–Trinajstić information content (AvgIpc) is 3.17. The molecule has 1 aliphatic heterocycles. The number of rotatable bonds is 14. The second kappa shape index (κ2) is 13.1. The molecule has 0 radical (unpaired) electrons. The SMILES string of the molecule is CCCCCCCCCCN[C@@H](CO)c1ccc(O[C@@H]2CCOC2)nc1. The van der Waals surface area contributed by atoms with E-state index in [2.05, 4.69) is 17.2 Å². The van der Waals surface area contributed by atoms with Crippen molar-refractivity contribution in [3.05, 3.63) is 23.9 Å². The zero-order valence-corrected chi connectivity index (χ0v) is 16.3. The van der Waals surface area contributed by atoms with E-state index in [9.17, 15) is 5.11 Å². The molecule has 0 amide bonds. The van der Waals surface area contributed by atoms with E-state index in [1.807, 2.05) is 12.1 Å². The van der Waals surface area contributed by atoms with Gasteiger partial charge < -0.3 is 19.9 Å². The minimum atomic E-state index is -0.0593. The van der Waals surface area contributed by atoms with Crippen molar-refractivity contribution < 1.29 is 14.6 Å². The smallest absolute Gasteiger partial charge is 0.213 e. The Kier molecular flexibility index (Phi) is 10.6. The maximum absolute atomic E-state index is 9.66. The van der Waals surface area contributed by atoms with Crippen LogP contribution >= 0.6 is 0 Å². The van der Waals surface area contributed by atoms with Crippen molar-refractivity contribution in [2.24, 2.45) is 0 Å². The van der Waals surface area contributed by atoms with Gasteiger partial charge in [0.1, 0.15) is 6.10 Å². The number of nitrogens with zero attached hydrogens (tertiary/aromatic N) is 1. The summed E-state index contributed by atoms with van der Waals surface area (Å²) in [4.78, 5) is 4.38. The van der Waals surface area contributed by atoms with E-state index in [0.717, 1.165) is 31.6 Å². The van der Waals surface area contributed by atoms with E-state index in [1.54, 1.807) is 6.20 Å². The minimum Gasteiger partial charge on any atom is -0.472 e. The first-order valence-electron chi connectivity index (χ1n) is 10.4. The van der Waals surface area contributed by atoms with Crippen LogP contribution in [0.5, 0.6) is 5.88 Å². The molecule has 2 heterocycles. The lowest BCUT2D eigenvalue weighted by Gasteiger charge is -2.17. The summed E-state index contributed by atoms with van der Waals surface area (Å²) in [5.74, 6) is 0.629. The Morgan fingerprint density at radius 3 is 2.58 bits per heavy atom. The Morgan fingerprint density at radius 1 is 1.19 bits per heavy atom. The molecule has 0 saturated carbocycles. The van der Waals surface area contributed by atoms with Crippen molar-refractivity contribution in [1.82, 2.24) is 10.3 Å². The Labute approximate surface area is 158 Å². The molecule has 26 heavy (non-hydrogen) atoms. The number of unbranched alkanes of at least 4 members (excludes halogenated alkanes) is 7. The summed E-state index contributed by atoms with van der Waals surface area (Å²) >= 11 is 0. The quantitative estimate of drug-likeness (QED) is 0.488. The Hall–Kier alpha value is -1.17. The van der Waals surface area contributed by atoms with Crippen LogP contribution in [0.25, 0.3) is 0 Å². The van der Waals surface area contributed by atoms with Gasteiger partial charge in [0.2, 0.25) is 5.88 Å². The van der Waals surface area contributed by atoms with Crippen molar-refractivity contribution in [3.8, 4) is 5.88 Å². The molecule has 1 aromatic rings. The highest BCUT2D eigenvalue weighted by Gasteiger charge is 2.18. The lowest BCUT2D eigenvalue weighted by Crippen LogP contribution is -2.25. The first-order valence-corrected chi connectivity index (χ1v) is 10.4.